The summed E-state index contributed by atoms with van der Waals surface area (Å²) in [5.74, 6) is 1.52. The van der Waals surface area contributed by atoms with Crippen molar-refractivity contribution in [3.05, 3.63) is 45.8 Å². The molecule has 0 radical (unpaired) electrons. The number of hydrogen-bond acceptors (Lipinski definition) is 4. The molecule has 2 aromatic rings. The molecule has 0 spiro atoms. The van der Waals surface area contributed by atoms with Gasteiger partial charge in [0.05, 0.1) is 6.54 Å². The summed E-state index contributed by atoms with van der Waals surface area (Å²) in [7, 11) is 1.79. The molecule has 3 rings (SSSR count). The van der Waals surface area contributed by atoms with Crippen LogP contribution in [-0.2, 0) is 13.1 Å². The number of nitrogens with one attached hydrogen (secondary N) is 2. The smallest absolute Gasteiger partial charge is 0.213 e. The van der Waals surface area contributed by atoms with Gasteiger partial charge in [-0.2, -0.15) is 0 Å². The second kappa shape index (κ2) is 8.85. The number of thiophene rings is 1. The highest BCUT2D eigenvalue weighted by molar-refractivity contribution is 7.10. The minimum Gasteiger partial charge on any atom is -0.474 e. The van der Waals surface area contributed by atoms with E-state index in [-0.39, 0.29) is 0 Å². The normalized spacial score (nSPS) is 15.4. The Hall–Kier alpha value is -2.08. The molecule has 0 aliphatic heterocycles. The number of aromatic nitrogens is 1. The van der Waals surface area contributed by atoms with Gasteiger partial charge in [0.25, 0.3) is 0 Å². The molecule has 25 heavy (non-hydrogen) atoms. The van der Waals surface area contributed by atoms with E-state index in [1.807, 2.05) is 18.3 Å². The van der Waals surface area contributed by atoms with Crippen LogP contribution in [-0.4, -0.2) is 24.1 Å². The molecule has 1 saturated carbocycles. The predicted molar refractivity (Wildman–Crippen MR) is 103 cm³/mol. The van der Waals surface area contributed by atoms with E-state index >= 15 is 0 Å². The van der Waals surface area contributed by atoms with E-state index in [4.69, 9.17) is 4.74 Å². The zero-order chi connectivity index (χ0) is 17.5. The zero-order valence-corrected chi connectivity index (χ0v) is 15.7. The molecule has 1 fully saturated rings. The molecule has 2 N–H and O–H groups in total. The standard InChI is InChI=1S/C19H26N4OS/c1-14-8-10-25-17(14)13-23-19(20-2)22-12-15-7-9-21-18(11-15)24-16-5-3-4-6-16/h7-11,16H,3-6,12-13H2,1-2H3,(H2,20,22,23). The van der Waals surface area contributed by atoms with Crippen molar-refractivity contribution >= 4 is 17.3 Å². The summed E-state index contributed by atoms with van der Waals surface area (Å²) in [5.41, 5.74) is 2.45. The van der Waals surface area contributed by atoms with Crippen molar-refractivity contribution in [2.45, 2.75) is 51.8 Å². The molecule has 5 nitrogen and oxygen atoms in total. The third-order valence-corrected chi connectivity index (χ3v) is 5.48. The first-order valence-corrected chi connectivity index (χ1v) is 9.71. The lowest BCUT2D eigenvalue weighted by Crippen LogP contribution is -2.36. The van der Waals surface area contributed by atoms with E-state index in [0.29, 0.717) is 12.6 Å². The molecule has 1 aliphatic carbocycles. The van der Waals surface area contributed by atoms with Gasteiger partial charge in [-0.05, 0) is 61.2 Å². The molecule has 0 unspecified atom stereocenters. The SMILES string of the molecule is CN=C(NCc1ccnc(OC2CCCC2)c1)NCc1sccc1C. The quantitative estimate of drug-likeness (QED) is 0.611. The second-order valence-corrected chi connectivity index (χ2v) is 7.33. The third-order valence-electron chi connectivity index (χ3n) is 4.46. The number of rotatable bonds is 6. The van der Waals surface area contributed by atoms with Gasteiger partial charge in [-0.25, -0.2) is 4.98 Å². The Balaban J connectivity index is 1.50. The Morgan fingerprint density at radius 1 is 1.28 bits per heavy atom. The Kier molecular flexibility index (Phi) is 6.28. The first-order chi connectivity index (χ1) is 12.2. The third kappa shape index (κ3) is 5.19. The average Bonchev–Trinajstić information content (AvgIpc) is 3.27. The van der Waals surface area contributed by atoms with Crippen molar-refractivity contribution in [2.75, 3.05) is 7.05 Å². The van der Waals surface area contributed by atoms with Crippen LogP contribution < -0.4 is 15.4 Å². The summed E-state index contributed by atoms with van der Waals surface area (Å²) >= 11 is 1.76. The second-order valence-electron chi connectivity index (χ2n) is 6.33. The zero-order valence-electron chi connectivity index (χ0n) is 14.9. The fraction of sp³-hybridized carbons (Fsp3) is 0.474. The Morgan fingerprint density at radius 3 is 2.80 bits per heavy atom. The van der Waals surface area contributed by atoms with Crippen LogP contribution in [0.2, 0.25) is 0 Å². The van der Waals surface area contributed by atoms with Gasteiger partial charge in [0.1, 0.15) is 6.10 Å². The first-order valence-electron chi connectivity index (χ1n) is 8.83. The van der Waals surface area contributed by atoms with Gasteiger partial charge in [-0.3, -0.25) is 4.99 Å². The van der Waals surface area contributed by atoms with Crippen LogP contribution in [0.1, 0.15) is 41.7 Å². The average molecular weight is 359 g/mol. The molecule has 0 atom stereocenters. The molecule has 0 aromatic carbocycles. The summed E-state index contributed by atoms with van der Waals surface area (Å²) in [4.78, 5) is 9.96. The summed E-state index contributed by atoms with van der Waals surface area (Å²) in [6.07, 6.45) is 6.95. The molecule has 6 heteroatoms. The van der Waals surface area contributed by atoms with Crippen LogP contribution in [0.15, 0.2) is 34.8 Å². The fourth-order valence-electron chi connectivity index (χ4n) is 2.96. The van der Waals surface area contributed by atoms with Crippen molar-refractivity contribution < 1.29 is 4.74 Å². The number of aryl methyl sites for hydroxylation is 1. The number of nitrogens with zero attached hydrogens (tertiary/aromatic N) is 2. The van der Waals surface area contributed by atoms with Crippen LogP contribution in [0.3, 0.4) is 0 Å². The maximum atomic E-state index is 5.98. The van der Waals surface area contributed by atoms with Crippen molar-refractivity contribution in [3.8, 4) is 5.88 Å². The molecule has 0 bridgehead atoms. The maximum Gasteiger partial charge on any atom is 0.213 e. The van der Waals surface area contributed by atoms with Crippen molar-refractivity contribution in [1.29, 1.82) is 0 Å². The lowest BCUT2D eigenvalue weighted by Gasteiger charge is -2.14. The van der Waals surface area contributed by atoms with Gasteiger partial charge in [-0.15, -0.1) is 11.3 Å². The highest BCUT2D eigenvalue weighted by Crippen LogP contribution is 2.23. The Labute approximate surface area is 153 Å². The summed E-state index contributed by atoms with van der Waals surface area (Å²) in [6, 6.07) is 6.16. The maximum absolute atomic E-state index is 5.98. The van der Waals surface area contributed by atoms with Crippen LogP contribution in [0.4, 0.5) is 0 Å². The molecule has 134 valence electrons. The largest absolute Gasteiger partial charge is 0.474 e. The molecular formula is C19H26N4OS. The van der Waals surface area contributed by atoms with Gasteiger partial charge >= 0.3 is 0 Å². The fourth-order valence-corrected chi connectivity index (χ4v) is 3.80. The van der Waals surface area contributed by atoms with Crippen LogP contribution in [0.25, 0.3) is 0 Å². The van der Waals surface area contributed by atoms with Gasteiger partial charge in [-0.1, -0.05) is 0 Å². The van der Waals surface area contributed by atoms with Gasteiger partial charge in [0.15, 0.2) is 5.96 Å². The Bertz CT molecular complexity index is 707. The predicted octanol–water partition coefficient (Wildman–Crippen LogP) is 3.64. The number of ether oxygens (including phenoxy) is 1. The van der Waals surface area contributed by atoms with E-state index < -0.39 is 0 Å². The number of pyridine rings is 1. The monoisotopic (exact) mass is 358 g/mol. The number of hydrogen-bond donors (Lipinski definition) is 2. The lowest BCUT2D eigenvalue weighted by atomic mass is 10.2. The molecule has 1 aliphatic rings. The van der Waals surface area contributed by atoms with E-state index in [9.17, 15) is 0 Å². The minimum atomic E-state index is 0.333. The highest BCUT2D eigenvalue weighted by atomic mass is 32.1. The van der Waals surface area contributed by atoms with Gasteiger partial charge < -0.3 is 15.4 Å². The summed E-state index contributed by atoms with van der Waals surface area (Å²) < 4.78 is 5.98. The number of guanidine groups is 1. The molecule has 0 saturated heterocycles. The first kappa shape index (κ1) is 17.7. The van der Waals surface area contributed by atoms with E-state index in [1.165, 1.54) is 23.3 Å². The molecular weight excluding hydrogens is 332 g/mol. The molecule has 2 heterocycles. The lowest BCUT2D eigenvalue weighted by molar-refractivity contribution is 0.201. The highest BCUT2D eigenvalue weighted by Gasteiger charge is 2.17. The van der Waals surface area contributed by atoms with E-state index in [1.54, 1.807) is 18.4 Å². The number of aliphatic imine (C=N–C) groups is 1. The van der Waals surface area contributed by atoms with Crippen molar-refractivity contribution in [1.82, 2.24) is 15.6 Å². The van der Waals surface area contributed by atoms with Gasteiger partial charge in [0, 0.05) is 30.7 Å². The minimum absolute atomic E-state index is 0.333. The van der Waals surface area contributed by atoms with Crippen LogP contribution in [0.5, 0.6) is 5.88 Å². The van der Waals surface area contributed by atoms with Crippen LogP contribution >= 0.6 is 11.3 Å². The van der Waals surface area contributed by atoms with Crippen molar-refractivity contribution in [2.24, 2.45) is 4.99 Å². The van der Waals surface area contributed by atoms with E-state index in [2.05, 4.69) is 39.0 Å². The van der Waals surface area contributed by atoms with Crippen molar-refractivity contribution in [3.63, 3.8) is 0 Å². The van der Waals surface area contributed by atoms with E-state index in [0.717, 1.165) is 36.8 Å². The Morgan fingerprint density at radius 2 is 2.08 bits per heavy atom. The molecule has 0 amide bonds. The summed E-state index contributed by atoms with van der Waals surface area (Å²) in [5, 5.41) is 8.82. The van der Waals surface area contributed by atoms with Gasteiger partial charge in [0.2, 0.25) is 5.88 Å². The summed E-state index contributed by atoms with van der Waals surface area (Å²) in [6.45, 7) is 3.61. The topological polar surface area (TPSA) is 58.5 Å². The molecule has 2 aromatic heterocycles. The van der Waals surface area contributed by atoms with Crippen LogP contribution in [0, 0.1) is 6.92 Å².